The number of hydrogen-bond donors (Lipinski definition) is 1. The van der Waals surface area contributed by atoms with Gasteiger partial charge in [0.25, 0.3) is 0 Å². The van der Waals surface area contributed by atoms with Crippen molar-refractivity contribution in [1.29, 1.82) is 0 Å². The molecular weight excluding hydrogens is 283 g/mol. The van der Waals surface area contributed by atoms with Gasteiger partial charge in [-0.05, 0) is 49.6 Å². The fourth-order valence-electron chi connectivity index (χ4n) is 2.29. The molecule has 0 bridgehead atoms. The van der Waals surface area contributed by atoms with Crippen molar-refractivity contribution in [2.24, 2.45) is 0 Å². The Morgan fingerprint density at radius 1 is 1.14 bits per heavy atom. The number of benzene rings is 2. The molecule has 0 aliphatic rings. The molecular formula is C17H17FN2S. The Morgan fingerprint density at radius 2 is 1.95 bits per heavy atom. The Morgan fingerprint density at radius 3 is 2.67 bits per heavy atom. The molecule has 0 aliphatic heterocycles. The lowest BCUT2D eigenvalue weighted by molar-refractivity contribution is 0.614. The molecule has 1 unspecified atom stereocenters. The maximum absolute atomic E-state index is 13.7. The van der Waals surface area contributed by atoms with Crippen LogP contribution in [0.25, 0.3) is 10.2 Å². The summed E-state index contributed by atoms with van der Waals surface area (Å²) in [6.45, 7) is 5.85. The van der Waals surface area contributed by atoms with Crippen LogP contribution in [-0.4, -0.2) is 4.98 Å². The van der Waals surface area contributed by atoms with E-state index in [1.165, 1.54) is 10.3 Å². The number of rotatable bonds is 3. The van der Waals surface area contributed by atoms with Crippen LogP contribution in [0.1, 0.15) is 29.7 Å². The lowest BCUT2D eigenvalue weighted by atomic mass is 10.1. The van der Waals surface area contributed by atoms with Gasteiger partial charge in [0.2, 0.25) is 0 Å². The summed E-state index contributed by atoms with van der Waals surface area (Å²) in [6, 6.07) is 11.5. The number of aryl methyl sites for hydroxylation is 2. The highest BCUT2D eigenvalue weighted by Crippen LogP contribution is 2.30. The van der Waals surface area contributed by atoms with E-state index in [2.05, 4.69) is 29.4 Å². The summed E-state index contributed by atoms with van der Waals surface area (Å²) in [5, 5.41) is 4.23. The third-order valence-electron chi connectivity index (χ3n) is 3.66. The molecule has 2 nitrogen and oxygen atoms in total. The normalized spacial score (nSPS) is 12.6. The van der Waals surface area contributed by atoms with Crippen LogP contribution in [0.3, 0.4) is 0 Å². The second kappa shape index (κ2) is 5.45. The molecule has 3 rings (SSSR count). The molecule has 1 heterocycles. The van der Waals surface area contributed by atoms with Crippen LogP contribution in [0.2, 0.25) is 0 Å². The molecule has 0 aliphatic carbocycles. The predicted octanol–water partition coefficient (Wildman–Crippen LogP) is 5.23. The fraction of sp³-hybridized carbons (Fsp3) is 0.235. The van der Waals surface area contributed by atoms with Gasteiger partial charge in [0.1, 0.15) is 5.82 Å². The molecule has 3 aromatic rings. The number of fused-ring (bicyclic) bond motifs is 1. The molecule has 2 aromatic carbocycles. The van der Waals surface area contributed by atoms with E-state index < -0.39 is 0 Å². The zero-order chi connectivity index (χ0) is 15.0. The topological polar surface area (TPSA) is 24.9 Å². The summed E-state index contributed by atoms with van der Waals surface area (Å²) in [6.07, 6.45) is 0. The third kappa shape index (κ3) is 2.76. The molecule has 4 heteroatoms. The Kier molecular flexibility index (Phi) is 3.64. The van der Waals surface area contributed by atoms with Gasteiger partial charge in [-0.2, -0.15) is 0 Å². The minimum atomic E-state index is -0.165. The lowest BCUT2D eigenvalue weighted by Gasteiger charge is -2.13. The van der Waals surface area contributed by atoms with Crippen molar-refractivity contribution in [3.05, 3.63) is 58.9 Å². The first kappa shape index (κ1) is 14.0. The SMILES string of the molecule is Cc1ccc(C(C)Nc2nc3c(C)cccc3s2)cc1F. The molecule has 108 valence electrons. The molecule has 0 fully saturated rings. The van der Waals surface area contributed by atoms with Crippen molar-refractivity contribution >= 4 is 26.7 Å². The maximum atomic E-state index is 13.7. The molecule has 1 aromatic heterocycles. The van der Waals surface area contributed by atoms with Crippen LogP contribution in [0, 0.1) is 19.7 Å². The Bertz CT molecular complexity index is 795. The van der Waals surface area contributed by atoms with Gasteiger partial charge in [0.15, 0.2) is 5.13 Å². The van der Waals surface area contributed by atoms with Gasteiger partial charge in [0.05, 0.1) is 16.3 Å². The monoisotopic (exact) mass is 300 g/mol. The average molecular weight is 300 g/mol. The standard InChI is InChI=1S/C17H17FN2S/c1-10-7-8-13(9-14(10)18)12(3)19-17-20-16-11(2)5-4-6-15(16)21-17/h4-9,12H,1-3H3,(H,19,20). The van der Waals surface area contributed by atoms with E-state index in [-0.39, 0.29) is 11.9 Å². The number of nitrogens with zero attached hydrogens (tertiary/aromatic N) is 1. The van der Waals surface area contributed by atoms with Gasteiger partial charge in [-0.25, -0.2) is 9.37 Å². The van der Waals surface area contributed by atoms with Gasteiger partial charge >= 0.3 is 0 Å². The minimum Gasteiger partial charge on any atom is -0.355 e. The number of anilines is 1. The number of halogens is 1. The van der Waals surface area contributed by atoms with Gasteiger partial charge in [0, 0.05) is 0 Å². The zero-order valence-electron chi connectivity index (χ0n) is 12.3. The summed E-state index contributed by atoms with van der Waals surface area (Å²) in [4.78, 5) is 4.63. The Balaban J connectivity index is 1.87. The zero-order valence-corrected chi connectivity index (χ0v) is 13.1. The largest absolute Gasteiger partial charge is 0.355 e. The molecule has 1 N–H and O–H groups in total. The van der Waals surface area contributed by atoms with Gasteiger partial charge < -0.3 is 5.32 Å². The fourth-order valence-corrected chi connectivity index (χ4v) is 3.33. The molecule has 21 heavy (non-hydrogen) atoms. The summed E-state index contributed by atoms with van der Waals surface area (Å²) in [5.41, 5.74) is 3.80. The number of para-hydroxylation sites is 1. The second-order valence-corrected chi connectivity index (χ2v) is 6.35. The van der Waals surface area contributed by atoms with Crippen molar-refractivity contribution < 1.29 is 4.39 Å². The molecule has 0 amide bonds. The van der Waals surface area contributed by atoms with E-state index in [0.717, 1.165) is 16.2 Å². The summed E-state index contributed by atoms with van der Waals surface area (Å²) in [7, 11) is 0. The number of hydrogen-bond acceptors (Lipinski definition) is 3. The highest BCUT2D eigenvalue weighted by atomic mass is 32.1. The summed E-state index contributed by atoms with van der Waals surface area (Å²) in [5.74, 6) is -0.165. The number of thiazole rings is 1. The van der Waals surface area contributed by atoms with Crippen LogP contribution in [0.15, 0.2) is 36.4 Å². The van der Waals surface area contributed by atoms with Crippen LogP contribution in [0.5, 0.6) is 0 Å². The maximum Gasteiger partial charge on any atom is 0.184 e. The molecule has 0 saturated carbocycles. The van der Waals surface area contributed by atoms with Crippen LogP contribution in [-0.2, 0) is 0 Å². The van der Waals surface area contributed by atoms with Crippen molar-refractivity contribution in [3.8, 4) is 0 Å². The minimum absolute atomic E-state index is 0.0148. The van der Waals surface area contributed by atoms with Gasteiger partial charge in [-0.15, -0.1) is 0 Å². The molecule has 0 saturated heterocycles. The molecule has 0 spiro atoms. The predicted molar refractivity (Wildman–Crippen MR) is 87.5 cm³/mol. The molecule has 0 radical (unpaired) electrons. The summed E-state index contributed by atoms with van der Waals surface area (Å²) >= 11 is 1.63. The quantitative estimate of drug-likeness (QED) is 0.717. The highest BCUT2D eigenvalue weighted by molar-refractivity contribution is 7.22. The van der Waals surface area contributed by atoms with Crippen molar-refractivity contribution in [3.63, 3.8) is 0 Å². The average Bonchev–Trinajstić information content (AvgIpc) is 2.86. The van der Waals surface area contributed by atoms with Crippen LogP contribution in [0.4, 0.5) is 9.52 Å². The second-order valence-electron chi connectivity index (χ2n) is 5.32. The molecule has 1 atom stereocenters. The van der Waals surface area contributed by atoms with E-state index in [1.807, 2.05) is 25.1 Å². The highest BCUT2D eigenvalue weighted by Gasteiger charge is 2.11. The van der Waals surface area contributed by atoms with E-state index in [9.17, 15) is 4.39 Å². The van der Waals surface area contributed by atoms with Crippen LogP contribution >= 0.6 is 11.3 Å². The number of nitrogens with one attached hydrogen (secondary N) is 1. The summed E-state index contributed by atoms with van der Waals surface area (Å²) < 4.78 is 14.8. The van der Waals surface area contributed by atoms with E-state index in [4.69, 9.17) is 0 Å². The first-order chi connectivity index (χ1) is 10.0. The van der Waals surface area contributed by atoms with E-state index in [1.54, 1.807) is 24.3 Å². The van der Waals surface area contributed by atoms with E-state index >= 15 is 0 Å². The third-order valence-corrected chi connectivity index (χ3v) is 4.61. The van der Waals surface area contributed by atoms with Crippen molar-refractivity contribution in [2.75, 3.05) is 5.32 Å². The van der Waals surface area contributed by atoms with Crippen molar-refractivity contribution in [2.45, 2.75) is 26.8 Å². The Labute approximate surface area is 127 Å². The van der Waals surface area contributed by atoms with Crippen molar-refractivity contribution in [1.82, 2.24) is 4.98 Å². The number of aromatic nitrogens is 1. The first-order valence-corrected chi connectivity index (χ1v) is 7.75. The Hall–Kier alpha value is -1.94. The first-order valence-electron chi connectivity index (χ1n) is 6.93. The lowest BCUT2D eigenvalue weighted by Crippen LogP contribution is -2.06. The van der Waals surface area contributed by atoms with Gasteiger partial charge in [-0.3, -0.25) is 0 Å². The smallest absolute Gasteiger partial charge is 0.184 e. The van der Waals surface area contributed by atoms with E-state index in [0.29, 0.717) is 5.56 Å². The van der Waals surface area contributed by atoms with Gasteiger partial charge in [-0.1, -0.05) is 35.6 Å². The van der Waals surface area contributed by atoms with Crippen LogP contribution < -0.4 is 5.32 Å².